The van der Waals surface area contributed by atoms with Crippen LogP contribution in [0.15, 0.2) is 42.7 Å². The second kappa shape index (κ2) is 15.0. The van der Waals surface area contributed by atoms with Gasteiger partial charge in [0.05, 0.1) is 23.6 Å². The summed E-state index contributed by atoms with van der Waals surface area (Å²) in [5.74, 6) is -4.05. The van der Waals surface area contributed by atoms with Crippen LogP contribution in [0, 0.1) is 23.2 Å². The number of anilines is 1. The number of carbonyl (C=O) groups excluding carboxylic acids is 4. The Balaban J connectivity index is 1.62. The summed E-state index contributed by atoms with van der Waals surface area (Å²) in [7, 11) is -1.66. The van der Waals surface area contributed by atoms with Crippen molar-refractivity contribution in [2.75, 3.05) is 19.8 Å². The summed E-state index contributed by atoms with van der Waals surface area (Å²) >= 11 is 0. The van der Waals surface area contributed by atoms with Crippen LogP contribution in [-0.4, -0.2) is 93.0 Å². The smallest absolute Gasteiger partial charge is 0.460 e. The second-order valence-electron chi connectivity index (χ2n) is 14.1. The fraction of sp³-hybridized carbons (Fsp3) is 0.514. The zero-order valence-electron chi connectivity index (χ0n) is 31.3. The molecule has 290 valence electrons. The molecule has 1 saturated heterocycles. The predicted octanol–water partition coefficient (Wildman–Crippen LogP) is 3.37. The number of fused-ring (bicyclic) bond motifs is 2. The van der Waals surface area contributed by atoms with Crippen molar-refractivity contribution in [2.45, 2.75) is 90.1 Å². The molecule has 1 aliphatic heterocycles. The van der Waals surface area contributed by atoms with Gasteiger partial charge in [-0.1, -0.05) is 27.7 Å². The van der Waals surface area contributed by atoms with Gasteiger partial charge in [0.2, 0.25) is 11.2 Å². The number of esters is 3. The molecule has 18 nitrogen and oxygen atoms in total. The lowest BCUT2D eigenvalue weighted by molar-refractivity contribution is -0.181. The normalized spacial score (nSPS) is 24.7. The molecule has 3 N–H and O–H groups in total. The van der Waals surface area contributed by atoms with E-state index in [1.165, 1.54) is 46.9 Å². The largest absolute Gasteiger partial charge is 0.462 e. The van der Waals surface area contributed by atoms with Crippen molar-refractivity contribution >= 4 is 42.9 Å². The molecule has 0 radical (unpaired) electrons. The molecule has 54 heavy (non-hydrogen) atoms. The minimum atomic E-state index is -4.82. The highest BCUT2D eigenvalue weighted by Gasteiger charge is 2.95. The first kappa shape index (κ1) is 40.1. The summed E-state index contributed by atoms with van der Waals surface area (Å²) in [4.78, 5) is 57.6. The molecule has 1 saturated carbocycles. The van der Waals surface area contributed by atoms with Crippen molar-refractivity contribution in [3.05, 3.63) is 54.0 Å². The van der Waals surface area contributed by atoms with E-state index in [-0.39, 0.29) is 23.2 Å². The lowest BCUT2D eigenvalue weighted by Crippen LogP contribution is -2.45. The Hall–Kier alpha value is -5.08. The fourth-order valence-electron chi connectivity index (χ4n) is 5.92. The molecule has 2 aromatic heterocycles. The Labute approximate surface area is 311 Å². The van der Waals surface area contributed by atoms with Crippen molar-refractivity contribution in [3.63, 3.8) is 0 Å². The molecule has 19 heteroatoms. The van der Waals surface area contributed by atoms with Gasteiger partial charge in [0.15, 0.2) is 18.0 Å². The Morgan fingerprint density at radius 1 is 1.00 bits per heavy atom. The number of nitrogens with two attached hydrogens (primary N) is 1. The van der Waals surface area contributed by atoms with Gasteiger partial charge in [-0.3, -0.25) is 23.7 Å². The van der Waals surface area contributed by atoms with E-state index in [1.807, 2.05) is 6.07 Å². The SMILES string of the molecule is CC(C)OC(=O)[C@H](C)NP(=O)(Oc1ccc(C(=O)N(C)C)cc1)OC1[C@@]2(C#N)O[C@@H](c3ccc4c(N)ncnn34)[C@H](OC(=O)C(C)C)[C@@]12OC(=O)C(C)C. The van der Waals surface area contributed by atoms with Gasteiger partial charge < -0.3 is 34.1 Å². The maximum atomic E-state index is 14.9. The van der Waals surface area contributed by atoms with Gasteiger partial charge in [0, 0.05) is 19.7 Å². The number of nitriles is 1. The topological polar surface area (TPSA) is 236 Å². The van der Waals surface area contributed by atoms with E-state index in [9.17, 15) is 29.0 Å². The summed E-state index contributed by atoms with van der Waals surface area (Å²) in [5.41, 5.74) is 2.52. The van der Waals surface area contributed by atoms with Crippen LogP contribution < -0.4 is 15.3 Å². The average Bonchev–Trinajstić information content (AvgIpc) is 3.34. The Morgan fingerprint density at radius 2 is 1.65 bits per heavy atom. The van der Waals surface area contributed by atoms with Gasteiger partial charge in [-0.05, 0) is 57.2 Å². The van der Waals surface area contributed by atoms with Crippen LogP contribution in [0.5, 0.6) is 5.75 Å². The molecular formula is C35H44N7O11P. The molecular weight excluding hydrogens is 725 g/mol. The monoisotopic (exact) mass is 769 g/mol. The number of amides is 1. The summed E-state index contributed by atoms with van der Waals surface area (Å²) < 4.78 is 52.1. The van der Waals surface area contributed by atoms with Gasteiger partial charge in [-0.25, -0.2) is 14.1 Å². The fourth-order valence-corrected chi connectivity index (χ4v) is 7.64. The molecule has 1 amide bonds. The third-order valence-corrected chi connectivity index (χ3v) is 10.4. The van der Waals surface area contributed by atoms with Crippen LogP contribution >= 0.6 is 7.75 Å². The molecule has 7 atom stereocenters. The molecule has 2 fully saturated rings. The van der Waals surface area contributed by atoms with Gasteiger partial charge in [-0.2, -0.15) is 15.4 Å². The molecule has 5 rings (SSSR count). The number of hydrogen-bond acceptors (Lipinski definition) is 15. The minimum absolute atomic E-state index is 0.0610. The van der Waals surface area contributed by atoms with Crippen LogP contribution in [0.1, 0.15) is 70.6 Å². The van der Waals surface area contributed by atoms with Crippen LogP contribution in [0.3, 0.4) is 0 Å². The molecule has 2 aliphatic rings. The molecule has 1 aliphatic carbocycles. The molecule has 3 heterocycles. The van der Waals surface area contributed by atoms with Crippen molar-refractivity contribution in [3.8, 4) is 11.8 Å². The van der Waals surface area contributed by atoms with Crippen molar-refractivity contribution < 1.29 is 51.7 Å². The number of nitrogen functional groups attached to an aromatic ring is 1. The number of rotatable bonds is 14. The number of ether oxygens (including phenoxy) is 4. The second-order valence-corrected chi connectivity index (χ2v) is 15.7. The summed E-state index contributed by atoms with van der Waals surface area (Å²) in [5, 5.41) is 17.7. The van der Waals surface area contributed by atoms with Crippen molar-refractivity contribution in [1.29, 1.82) is 5.26 Å². The number of carbonyl (C=O) groups is 4. The van der Waals surface area contributed by atoms with Gasteiger partial charge >= 0.3 is 25.7 Å². The standard InChI is InChI=1S/C35H44N7O11P/c1-18(2)30(44)49-27-26(24-14-15-25-28(37)38-17-39-42(24)25)50-34(16-36)33(35(27,34)51-31(45)19(3)4)53-54(47,40-21(7)32(46)48-20(5)6)52-23-12-10-22(11-13-23)29(43)41(8)9/h10-15,17-21,26-27,33H,1-9H3,(H,40,47)(H2,37,38,39)/t21-,26-,27-,33?,34+,35+,54?/m0/s1. The first-order chi connectivity index (χ1) is 25.3. The van der Waals surface area contributed by atoms with E-state index in [4.69, 9.17) is 33.7 Å². The molecule has 0 bridgehead atoms. The lowest BCUT2D eigenvalue weighted by Gasteiger charge is -2.30. The van der Waals surface area contributed by atoms with E-state index >= 15 is 0 Å². The zero-order valence-corrected chi connectivity index (χ0v) is 32.2. The summed E-state index contributed by atoms with van der Waals surface area (Å²) in [6.45, 7) is 10.9. The number of aromatic nitrogens is 3. The zero-order chi connectivity index (χ0) is 39.9. The Bertz CT molecular complexity index is 2030. The first-order valence-corrected chi connectivity index (χ1v) is 18.7. The predicted molar refractivity (Wildman–Crippen MR) is 189 cm³/mol. The highest BCUT2D eigenvalue weighted by Crippen LogP contribution is 2.71. The Morgan fingerprint density at radius 3 is 2.22 bits per heavy atom. The van der Waals surface area contributed by atoms with Crippen LogP contribution in [0.4, 0.5) is 5.82 Å². The molecule has 0 spiro atoms. The summed E-state index contributed by atoms with van der Waals surface area (Å²) in [6.07, 6.45) is -3.95. The number of hydrogen-bond donors (Lipinski definition) is 2. The van der Waals surface area contributed by atoms with E-state index in [1.54, 1.807) is 67.8 Å². The van der Waals surface area contributed by atoms with Crippen molar-refractivity contribution in [1.82, 2.24) is 24.6 Å². The van der Waals surface area contributed by atoms with Crippen LogP contribution in [0.25, 0.3) is 5.52 Å². The highest BCUT2D eigenvalue weighted by atomic mass is 31.2. The minimum Gasteiger partial charge on any atom is -0.462 e. The van der Waals surface area contributed by atoms with E-state index in [0.717, 1.165) is 0 Å². The third kappa shape index (κ3) is 7.24. The lowest BCUT2D eigenvalue weighted by atomic mass is 10.0. The van der Waals surface area contributed by atoms with Gasteiger partial charge in [-0.15, -0.1) is 0 Å². The van der Waals surface area contributed by atoms with Gasteiger partial charge in [0.1, 0.15) is 35.8 Å². The summed E-state index contributed by atoms with van der Waals surface area (Å²) in [6, 6.07) is 9.48. The highest BCUT2D eigenvalue weighted by molar-refractivity contribution is 7.52. The van der Waals surface area contributed by atoms with Gasteiger partial charge in [0.25, 0.3) is 5.91 Å². The van der Waals surface area contributed by atoms with E-state index in [2.05, 4.69) is 15.2 Å². The average molecular weight is 770 g/mol. The van der Waals surface area contributed by atoms with Crippen LogP contribution in [0.2, 0.25) is 0 Å². The van der Waals surface area contributed by atoms with E-state index < -0.39 is 79.2 Å². The molecule has 1 aromatic carbocycles. The van der Waals surface area contributed by atoms with Crippen molar-refractivity contribution in [2.24, 2.45) is 11.8 Å². The number of nitrogens with zero attached hydrogens (tertiary/aromatic N) is 5. The maximum absolute atomic E-state index is 14.9. The molecule has 3 aromatic rings. The van der Waals surface area contributed by atoms with E-state index in [0.29, 0.717) is 11.1 Å². The third-order valence-electron chi connectivity index (χ3n) is 8.72. The number of benzene rings is 1. The number of nitrogens with one attached hydrogen (secondary N) is 1. The Kier molecular flexibility index (Phi) is 11.1. The molecule has 2 unspecified atom stereocenters. The quantitative estimate of drug-likeness (QED) is 0.136. The first-order valence-electron chi connectivity index (χ1n) is 17.2. The maximum Gasteiger partial charge on any atom is 0.460 e. The van der Waals surface area contributed by atoms with Crippen LogP contribution in [-0.2, 0) is 42.4 Å².